The number of carbonyl (C=O) groups excluding carboxylic acids is 1. The molecule has 0 aliphatic heterocycles. The summed E-state index contributed by atoms with van der Waals surface area (Å²) >= 11 is 0. The quantitative estimate of drug-likeness (QED) is 0.795. The number of rotatable bonds is 5. The molecule has 0 aliphatic carbocycles. The van der Waals surface area contributed by atoms with Gasteiger partial charge in [0.15, 0.2) is 0 Å². The van der Waals surface area contributed by atoms with Gasteiger partial charge >= 0.3 is 5.97 Å². The molecule has 1 unspecified atom stereocenters. The molecule has 1 heterocycles. The van der Waals surface area contributed by atoms with E-state index in [1.807, 2.05) is 20.9 Å². The van der Waals surface area contributed by atoms with Crippen LogP contribution in [0.2, 0.25) is 0 Å². The molecular formula is C11H17N3O3. The topological polar surface area (TPSA) is 84.2 Å². The molecule has 0 bridgehead atoms. The predicted molar refractivity (Wildman–Crippen MR) is 61.4 cm³/mol. The summed E-state index contributed by atoms with van der Waals surface area (Å²) in [6.07, 6.45) is 1.56. The molecule has 1 rings (SSSR count). The van der Waals surface area contributed by atoms with Crippen LogP contribution in [0.3, 0.4) is 0 Å². The summed E-state index contributed by atoms with van der Waals surface area (Å²) in [4.78, 5) is 21.8. The monoisotopic (exact) mass is 239 g/mol. The molecule has 1 atom stereocenters. The Balaban J connectivity index is 2.54. The second kappa shape index (κ2) is 5.47. The van der Waals surface area contributed by atoms with E-state index in [-0.39, 0.29) is 24.8 Å². The molecule has 1 amide bonds. The first-order chi connectivity index (χ1) is 7.91. The van der Waals surface area contributed by atoms with E-state index in [1.54, 1.807) is 10.9 Å². The number of carboxylic acids is 1. The van der Waals surface area contributed by atoms with Gasteiger partial charge in [0.1, 0.15) is 0 Å². The summed E-state index contributed by atoms with van der Waals surface area (Å²) < 4.78 is 1.73. The minimum atomic E-state index is -0.967. The van der Waals surface area contributed by atoms with E-state index in [4.69, 9.17) is 5.11 Å². The Labute approximate surface area is 99.6 Å². The van der Waals surface area contributed by atoms with E-state index in [0.717, 1.165) is 11.3 Å². The van der Waals surface area contributed by atoms with Crippen molar-refractivity contribution in [2.24, 2.45) is 7.05 Å². The SMILES string of the molecule is Cc1c(C(C)NC(=O)CCC(=O)O)cnn1C. The standard InChI is InChI=1S/C11H17N3O3/c1-7(9-6-12-14(3)8(9)2)13-10(15)4-5-11(16)17/h6-7H,4-5H2,1-3H3,(H,13,15)(H,16,17). The van der Waals surface area contributed by atoms with E-state index in [2.05, 4.69) is 10.4 Å². The van der Waals surface area contributed by atoms with Gasteiger partial charge in [-0.1, -0.05) is 0 Å². The normalized spacial score (nSPS) is 12.2. The first kappa shape index (κ1) is 13.2. The molecule has 0 aliphatic rings. The lowest BCUT2D eigenvalue weighted by Crippen LogP contribution is -2.27. The molecule has 6 nitrogen and oxygen atoms in total. The molecule has 1 aromatic heterocycles. The first-order valence-electron chi connectivity index (χ1n) is 5.41. The first-order valence-corrected chi connectivity index (χ1v) is 5.41. The Hall–Kier alpha value is -1.85. The molecule has 17 heavy (non-hydrogen) atoms. The van der Waals surface area contributed by atoms with E-state index in [1.165, 1.54) is 0 Å². The van der Waals surface area contributed by atoms with E-state index in [9.17, 15) is 9.59 Å². The van der Waals surface area contributed by atoms with Crippen LogP contribution in [-0.4, -0.2) is 26.8 Å². The van der Waals surface area contributed by atoms with Gasteiger partial charge in [0.2, 0.25) is 5.91 Å². The predicted octanol–water partition coefficient (Wildman–Crippen LogP) is 0.771. The number of hydrogen-bond donors (Lipinski definition) is 2. The highest BCUT2D eigenvalue weighted by Crippen LogP contribution is 2.15. The molecular weight excluding hydrogens is 222 g/mol. The fraction of sp³-hybridized carbons (Fsp3) is 0.545. The van der Waals surface area contributed by atoms with E-state index >= 15 is 0 Å². The minimum Gasteiger partial charge on any atom is -0.481 e. The van der Waals surface area contributed by atoms with Crippen molar-refractivity contribution in [1.29, 1.82) is 0 Å². The average molecular weight is 239 g/mol. The lowest BCUT2D eigenvalue weighted by Gasteiger charge is -2.13. The maximum Gasteiger partial charge on any atom is 0.303 e. The second-order valence-corrected chi connectivity index (χ2v) is 3.99. The number of hydrogen-bond acceptors (Lipinski definition) is 3. The lowest BCUT2D eigenvalue weighted by molar-refractivity contribution is -0.138. The highest BCUT2D eigenvalue weighted by molar-refractivity contribution is 5.80. The fourth-order valence-electron chi connectivity index (χ4n) is 1.55. The van der Waals surface area contributed by atoms with Crippen molar-refractivity contribution in [3.63, 3.8) is 0 Å². The van der Waals surface area contributed by atoms with Gasteiger partial charge in [0.05, 0.1) is 18.7 Å². The van der Waals surface area contributed by atoms with Gasteiger partial charge in [-0.2, -0.15) is 5.10 Å². The number of carbonyl (C=O) groups is 2. The summed E-state index contributed by atoms with van der Waals surface area (Å²) in [5.41, 5.74) is 1.92. The highest BCUT2D eigenvalue weighted by Gasteiger charge is 2.14. The largest absolute Gasteiger partial charge is 0.481 e. The zero-order valence-electron chi connectivity index (χ0n) is 10.2. The molecule has 0 fully saturated rings. The minimum absolute atomic E-state index is 0.00101. The van der Waals surface area contributed by atoms with Crippen molar-refractivity contribution in [2.45, 2.75) is 32.7 Å². The molecule has 0 saturated heterocycles. The number of aliphatic carboxylic acids is 1. The van der Waals surface area contributed by atoms with Crippen molar-refractivity contribution >= 4 is 11.9 Å². The Morgan fingerprint density at radius 3 is 2.65 bits per heavy atom. The van der Waals surface area contributed by atoms with Gasteiger partial charge < -0.3 is 10.4 Å². The lowest BCUT2D eigenvalue weighted by atomic mass is 10.1. The average Bonchev–Trinajstić information content (AvgIpc) is 2.57. The summed E-state index contributed by atoms with van der Waals surface area (Å²) in [5.74, 6) is -1.23. The number of amides is 1. The van der Waals surface area contributed by atoms with Crippen LogP contribution in [0.15, 0.2) is 6.20 Å². The van der Waals surface area contributed by atoms with Crippen molar-refractivity contribution in [1.82, 2.24) is 15.1 Å². The zero-order chi connectivity index (χ0) is 13.0. The summed E-state index contributed by atoms with van der Waals surface area (Å²) in [7, 11) is 1.83. The molecule has 0 spiro atoms. The van der Waals surface area contributed by atoms with Crippen LogP contribution in [-0.2, 0) is 16.6 Å². The third kappa shape index (κ3) is 3.58. The summed E-state index contributed by atoms with van der Waals surface area (Å²) in [5, 5.41) is 15.3. The summed E-state index contributed by atoms with van der Waals surface area (Å²) in [6.45, 7) is 3.77. The van der Waals surface area contributed by atoms with Gasteiger partial charge in [0.25, 0.3) is 0 Å². The Morgan fingerprint density at radius 2 is 2.18 bits per heavy atom. The number of aromatic nitrogens is 2. The molecule has 6 heteroatoms. The van der Waals surface area contributed by atoms with Crippen molar-refractivity contribution in [3.8, 4) is 0 Å². The molecule has 1 aromatic rings. The molecule has 0 radical (unpaired) electrons. The summed E-state index contributed by atoms with van der Waals surface area (Å²) in [6, 6.07) is -0.162. The fourth-order valence-corrected chi connectivity index (χ4v) is 1.55. The Morgan fingerprint density at radius 1 is 1.53 bits per heavy atom. The smallest absolute Gasteiger partial charge is 0.303 e. The molecule has 2 N–H and O–H groups in total. The van der Waals surface area contributed by atoms with E-state index < -0.39 is 5.97 Å². The van der Waals surface area contributed by atoms with Crippen molar-refractivity contribution < 1.29 is 14.7 Å². The third-order valence-electron chi connectivity index (χ3n) is 2.68. The van der Waals surface area contributed by atoms with Gasteiger partial charge in [-0.25, -0.2) is 0 Å². The number of carboxylic acid groups (broad SMARTS) is 1. The zero-order valence-corrected chi connectivity index (χ0v) is 10.2. The third-order valence-corrected chi connectivity index (χ3v) is 2.68. The van der Waals surface area contributed by atoms with Gasteiger partial charge in [-0.05, 0) is 13.8 Å². The van der Waals surface area contributed by atoms with Crippen LogP contribution in [0.25, 0.3) is 0 Å². The number of nitrogens with one attached hydrogen (secondary N) is 1. The van der Waals surface area contributed by atoms with Gasteiger partial charge in [0, 0.05) is 24.7 Å². The molecule has 0 saturated carbocycles. The molecule has 0 aromatic carbocycles. The van der Waals surface area contributed by atoms with Gasteiger partial charge in [-0.3, -0.25) is 14.3 Å². The maximum absolute atomic E-state index is 11.4. The van der Waals surface area contributed by atoms with Gasteiger partial charge in [-0.15, -0.1) is 0 Å². The highest BCUT2D eigenvalue weighted by atomic mass is 16.4. The maximum atomic E-state index is 11.4. The Bertz CT molecular complexity index is 426. The number of nitrogens with zero attached hydrogens (tertiary/aromatic N) is 2. The Kier molecular flexibility index (Phi) is 4.25. The van der Waals surface area contributed by atoms with Crippen LogP contribution >= 0.6 is 0 Å². The number of aryl methyl sites for hydroxylation is 1. The second-order valence-electron chi connectivity index (χ2n) is 3.99. The van der Waals surface area contributed by atoms with Crippen LogP contribution in [0.5, 0.6) is 0 Å². The molecule has 94 valence electrons. The van der Waals surface area contributed by atoms with Crippen molar-refractivity contribution in [3.05, 3.63) is 17.5 Å². The van der Waals surface area contributed by atoms with Crippen LogP contribution in [0, 0.1) is 6.92 Å². The van der Waals surface area contributed by atoms with Crippen LogP contribution in [0.1, 0.15) is 37.1 Å². The van der Waals surface area contributed by atoms with Crippen molar-refractivity contribution in [2.75, 3.05) is 0 Å². The van der Waals surface area contributed by atoms with Crippen LogP contribution in [0.4, 0.5) is 0 Å². The van der Waals surface area contributed by atoms with Crippen LogP contribution < -0.4 is 5.32 Å². The van der Waals surface area contributed by atoms with E-state index in [0.29, 0.717) is 0 Å².